The van der Waals surface area contributed by atoms with E-state index in [0.29, 0.717) is 33.9 Å². The maximum atomic E-state index is 13.4. The van der Waals surface area contributed by atoms with E-state index in [1.54, 1.807) is 24.3 Å². The SMILES string of the molecule is N#Cc1c(-c2ccccc2)cc(-c2ccc(Nc3nc(Nc4ccc(F)cc4)nc(Nc4ccc(F)cc4)n3)cc2)nc1N. The van der Waals surface area contributed by atoms with Crippen LogP contribution in [0.3, 0.4) is 0 Å². The van der Waals surface area contributed by atoms with Gasteiger partial charge < -0.3 is 21.7 Å². The first-order valence-corrected chi connectivity index (χ1v) is 13.4. The van der Waals surface area contributed by atoms with Crippen LogP contribution in [0.4, 0.5) is 49.5 Å². The Morgan fingerprint density at radius 3 is 1.48 bits per heavy atom. The number of nitrogens with one attached hydrogen (secondary N) is 3. The Hall–Kier alpha value is -6.41. The average molecular weight is 584 g/mol. The minimum atomic E-state index is -0.370. The Morgan fingerprint density at radius 1 is 0.568 bits per heavy atom. The fourth-order valence-electron chi connectivity index (χ4n) is 4.40. The number of pyridine rings is 1. The Labute approximate surface area is 251 Å². The summed E-state index contributed by atoms with van der Waals surface area (Å²) in [7, 11) is 0. The van der Waals surface area contributed by atoms with Crippen molar-refractivity contribution in [3.05, 3.63) is 126 Å². The smallest absolute Gasteiger partial charge is 0.233 e. The molecule has 0 saturated heterocycles. The first-order chi connectivity index (χ1) is 21.4. The molecule has 2 aromatic heterocycles. The molecule has 6 aromatic rings. The van der Waals surface area contributed by atoms with Crippen molar-refractivity contribution >= 4 is 40.7 Å². The van der Waals surface area contributed by atoms with E-state index >= 15 is 0 Å². The van der Waals surface area contributed by atoms with Crippen molar-refractivity contribution in [3.8, 4) is 28.5 Å². The average Bonchev–Trinajstić information content (AvgIpc) is 3.03. The molecule has 0 atom stereocenters. The van der Waals surface area contributed by atoms with E-state index in [1.165, 1.54) is 24.3 Å². The number of halogens is 2. The number of benzene rings is 4. The zero-order valence-corrected chi connectivity index (χ0v) is 23.0. The summed E-state index contributed by atoms with van der Waals surface area (Å²) in [6.45, 7) is 0. The lowest BCUT2D eigenvalue weighted by Gasteiger charge is -2.12. The summed E-state index contributed by atoms with van der Waals surface area (Å²) in [6.07, 6.45) is 0. The first kappa shape index (κ1) is 27.7. The summed E-state index contributed by atoms with van der Waals surface area (Å²) >= 11 is 0. The summed E-state index contributed by atoms with van der Waals surface area (Å²) in [4.78, 5) is 17.8. The normalized spacial score (nSPS) is 10.6. The minimum absolute atomic E-state index is 0.151. The predicted octanol–water partition coefficient (Wildman–Crippen LogP) is 7.56. The number of rotatable bonds is 8. The van der Waals surface area contributed by atoms with Gasteiger partial charge in [-0.05, 0) is 72.3 Å². The molecule has 214 valence electrons. The molecule has 0 saturated carbocycles. The largest absolute Gasteiger partial charge is 0.383 e. The molecule has 44 heavy (non-hydrogen) atoms. The topological polar surface area (TPSA) is 137 Å². The van der Waals surface area contributed by atoms with Gasteiger partial charge in [-0.3, -0.25) is 0 Å². The van der Waals surface area contributed by atoms with Crippen molar-refractivity contribution in [3.63, 3.8) is 0 Å². The molecule has 0 unspecified atom stereocenters. The number of nitrogens with zero attached hydrogens (tertiary/aromatic N) is 5. The van der Waals surface area contributed by atoms with Crippen LogP contribution < -0.4 is 21.7 Å². The molecule has 6 rings (SSSR count). The van der Waals surface area contributed by atoms with Crippen molar-refractivity contribution in [2.45, 2.75) is 0 Å². The van der Waals surface area contributed by atoms with Crippen LogP contribution in [0.25, 0.3) is 22.4 Å². The highest BCUT2D eigenvalue weighted by molar-refractivity contribution is 5.80. The highest BCUT2D eigenvalue weighted by atomic mass is 19.1. The van der Waals surface area contributed by atoms with E-state index in [9.17, 15) is 14.0 Å². The summed E-state index contributed by atoms with van der Waals surface area (Å²) < 4.78 is 26.8. The van der Waals surface area contributed by atoms with Gasteiger partial charge in [0.2, 0.25) is 17.8 Å². The molecule has 2 heterocycles. The molecular formula is C33H23F2N9. The van der Waals surface area contributed by atoms with E-state index < -0.39 is 0 Å². The number of nitrogens with two attached hydrogens (primary N) is 1. The van der Waals surface area contributed by atoms with Gasteiger partial charge in [0.15, 0.2) is 0 Å². The van der Waals surface area contributed by atoms with E-state index in [-0.39, 0.29) is 35.3 Å². The van der Waals surface area contributed by atoms with E-state index in [2.05, 4.69) is 42.0 Å². The molecule has 0 spiro atoms. The van der Waals surface area contributed by atoms with Crippen LogP contribution in [0.5, 0.6) is 0 Å². The van der Waals surface area contributed by atoms with Gasteiger partial charge in [-0.1, -0.05) is 42.5 Å². The highest BCUT2D eigenvalue weighted by Gasteiger charge is 2.14. The predicted molar refractivity (Wildman–Crippen MR) is 167 cm³/mol. The van der Waals surface area contributed by atoms with Crippen LogP contribution in [0.15, 0.2) is 109 Å². The minimum Gasteiger partial charge on any atom is -0.383 e. The molecule has 0 radical (unpaired) electrons. The van der Waals surface area contributed by atoms with Gasteiger partial charge in [0.1, 0.15) is 29.1 Å². The van der Waals surface area contributed by atoms with E-state index in [0.717, 1.165) is 11.1 Å². The third kappa shape index (κ3) is 6.40. The van der Waals surface area contributed by atoms with Gasteiger partial charge >= 0.3 is 0 Å². The van der Waals surface area contributed by atoms with Gasteiger partial charge in [0, 0.05) is 28.2 Å². The second kappa shape index (κ2) is 12.2. The summed E-state index contributed by atoms with van der Waals surface area (Å²) in [5.74, 6) is 0.0199. The zero-order chi connectivity index (χ0) is 30.5. The molecular weight excluding hydrogens is 560 g/mol. The van der Waals surface area contributed by atoms with Gasteiger partial charge in [0.25, 0.3) is 0 Å². The number of hydrogen-bond acceptors (Lipinski definition) is 9. The molecule has 11 heteroatoms. The van der Waals surface area contributed by atoms with E-state index in [4.69, 9.17) is 5.73 Å². The van der Waals surface area contributed by atoms with E-state index in [1.807, 2.05) is 60.7 Å². The molecule has 4 aromatic carbocycles. The Balaban J connectivity index is 1.28. The second-order valence-electron chi connectivity index (χ2n) is 9.57. The van der Waals surface area contributed by atoms with Crippen molar-refractivity contribution in [2.24, 2.45) is 0 Å². The molecule has 0 bridgehead atoms. The third-order valence-electron chi connectivity index (χ3n) is 6.52. The Morgan fingerprint density at radius 2 is 1.02 bits per heavy atom. The maximum absolute atomic E-state index is 13.4. The highest BCUT2D eigenvalue weighted by Crippen LogP contribution is 2.32. The molecule has 0 fully saturated rings. The third-order valence-corrected chi connectivity index (χ3v) is 6.52. The van der Waals surface area contributed by atoms with Crippen molar-refractivity contribution < 1.29 is 8.78 Å². The Bertz CT molecular complexity index is 1890. The molecule has 0 aliphatic heterocycles. The molecule has 0 aliphatic rings. The van der Waals surface area contributed by atoms with Gasteiger partial charge in [0.05, 0.1) is 5.69 Å². The van der Waals surface area contributed by atoms with Crippen LogP contribution in [-0.4, -0.2) is 19.9 Å². The molecule has 5 N–H and O–H groups in total. The lowest BCUT2D eigenvalue weighted by molar-refractivity contribution is 0.627. The standard InChI is InChI=1S/C33H23F2N9/c34-22-8-14-25(15-9-22)39-32-42-31(43-33(44-32)40-26-16-10-23(35)11-17-26)38-24-12-6-21(7-13-24)29-18-27(20-4-2-1-3-5-20)28(19-36)30(37)41-29/h1-18H,(H2,37,41)(H3,38,39,40,42,43,44). The molecule has 0 amide bonds. The van der Waals surface area contributed by atoms with Crippen LogP contribution in [0.1, 0.15) is 5.56 Å². The number of aromatic nitrogens is 4. The summed E-state index contributed by atoms with van der Waals surface area (Å²) in [6, 6.07) is 32.5. The fourth-order valence-corrected chi connectivity index (χ4v) is 4.40. The molecule has 0 aliphatic carbocycles. The van der Waals surface area contributed by atoms with Crippen molar-refractivity contribution in [1.82, 2.24) is 19.9 Å². The van der Waals surface area contributed by atoms with Crippen LogP contribution in [0, 0.1) is 23.0 Å². The maximum Gasteiger partial charge on any atom is 0.233 e. The van der Waals surface area contributed by atoms with Gasteiger partial charge in [-0.25, -0.2) is 13.8 Å². The monoisotopic (exact) mass is 583 g/mol. The van der Waals surface area contributed by atoms with Crippen molar-refractivity contribution in [1.29, 1.82) is 5.26 Å². The second-order valence-corrected chi connectivity index (χ2v) is 9.57. The van der Waals surface area contributed by atoms with Crippen LogP contribution in [-0.2, 0) is 0 Å². The fraction of sp³-hybridized carbons (Fsp3) is 0. The van der Waals surface area contributed by atoms with Crippen LogP contribution >= 0.6 is 0 Å². The summed E-state index contributed by atoms with van der Waals surface area (Å²) in [5, 5.41) is 19.0. The number of anilines is 7. The lowest BCUT2D eigenvalue weighted by atomic mass is 9.98. The number of hydrogen-bond donors (Lipinski definition) is 4. The van der Waals surface area contributed by atoms with Gasteiger partial charge in [-0.15, -0.1) is 0 Å². The summed E-state index contributed by atoms with van der Waals surface area (Å²) in [5.41, 5.74) is 11.3. The number of nitrogen functional groups attached to an aromatic ring is 1. The molecule has 9 nitrogen and oxygen atoms in total. The quantitative estimate of drug-likeness (QED) is 0.143. The Kier molecular flexibility index (Phi) is 7.70. The first-order valence-electron chi connectivity index (χ1n) is 13.4. The van der Waals surface area contributed by atoms with Gasteiger partial charge in [-0.2, -0.15) is 20.2 Å². The van der Waals surface area contributed by atoms with Crippen LogP contribution in [0.2, 0.25) is 0 Å². The van der Waals surface area contributed by atoms with Crippen molar-refractivity contribution in [2.75, 3.05) is 21.7 Å². The number of nitriles is 1. The zero-order valence-electron chi connectivity index (χ0n) is 23.0. The lowest BCUT2D eigenvalue weighted by Crippen LogP contribution is -2.07.